The van der Waals surface area contributed by atoms with Crippen LogP contribution in [0.25, 0.3) is 0 Å². The zero-order valence-electron chi connectivity index (χ0n) is 16.8. The average molecular weight is 414 g/mol. The van der Waals surface area contributed by atoms with Gasteiger partial charge in [-0.1, -0.05) is 38.5 Å². The first-order valence-corrected chi connectivity index (χ1v) is 10.2. The van der Waals surface area contributed by atoms with E-state index in [1.807, 2.05) is 13.0 Å². The molecule has 0 saturated heterocycles. The lowest BCUT2D eigenvalue weighted by Crippen LogP contribution is -2.34. The summed E-state index contributed by atoms with van der Waals surface area (Å²) in [7, 11) is 0. The highest BCUT2D eigenvalue weighted by Crippen LogP contribution is 2.19. The molecule has 3 N–H and O–H groups in total. The summed E-state index contributed by atoms with van der Waals surface area (Å²) >= 11 is 5.26. The van der Waals surface area contributed by atoms with E-state index in [1.54, 1.807) is 42.5 Å². The Kier molecular flexibility index (Phi) is 9.11. The quantitative estimate of drug-likeness (QED) is 0.409. The van der Waals surface area contributed by atoms with Crippen molar-refractivity contribution in [2.24, 2.45) is 0 Å². The number of rotatable bonds is 9. The van der Waals surface area contributed by atoms with Crippen LogP contribution < -0.4 is 20.7 Å². The first kappa shape index (κ1) is 22.4. The zero-order chi connectivity index (χ0) is 21.1. The molecule has 154 valence electrons. The minimum absolute atomic E-state index is 0.0415. The smallest absolute Gasteiger partial charge is 0.261 e. The number of anilines is 2. The monoisotopic (exact) mass is 413 g/mol. The first-order chi connectivity index (χ1) is 14.0. The fourth-order valence-electron chi connectivity index (χ4n) is 2.56. The van der Waals surface area contributed by atoms with Crippen LogP contribution in [0.1, 0.15) is 49.9 Å². The summed E-state index contributed by atoms with van der Waals surface area (Å²) in [5.74, 6) is 0.143. The number of ether oxygens (including phenoxy) is 1. The number of nitrogens with one attached hydrogen (secondary N) is 3. The van der Waals surface area contributed by atoms with E-state index in [9.17, 15) is 9.59 Å². The number of benzene rings is 2. The van der Waals surface area contributed by atoms with E-state index in [1.165, 1.54) is 0 Å². The Balaban J connectivity index is 1.97. The van der Waals surface area contributed by atoms with Crippen molar-refractivity contribution >= 4 is 40.5 Å². The lowest BCUT2D eigenvalue weighted by atomic mass is 10.2. The second-order valence-corrected chi connectivity index (χ2v) is 6.89. The summed E-state index contributed by atoms with van der Waals surface area (Å²) in [5.41, 5.74) is 1.75. The molecule has 0 aromatic heterocycles. The Hall–Kier alpha value is -2.93. The van der Waals surface area contributed by atoms with Crippen molar-refractivity contribution in [3.63, 3.8) is 0 Å². The van der Waals surface area contributed by atoms with Gasteiger partial charge in [0.15, 0.2) is 5.11 Å². The van der Waals surface area contributed by atoms with E-state index < -0.39 is 0 Å². The lowest BCUT2D eigenvalue weighted by molar-refractivity contribution is -0.116. The van der Waals surface area contributed by atoms with Gasteiger partial charge in [-0.05, 0) is 55.4 Å². The number of carbonyl (C=O) groups excluding carboxylic acids is 2. The van der Waals surface area contributed by atoms with E-state index in [4.69, 9.17) is 17.0 Å². The van der Waals surface area contributed by atoms with Crippen LogP contribution in [0.4, 0.5) is 11.4 Å². The SMILES string of the molecule is CCCCOc1ccccc1C(=O)NC(=S)Nc1cccc(NC(=O)CCC)c1. The van der Waals surface area contributed by atoms with Gasteiger partial charge in [0.1, 0.15) is 5.75 Å². The predicted molar refractivity (Wildman–Crippen MR) is 121 cm³/mol. The molecule has 0 radical (unpaired) electrons. The average Bonchev–Trinajstić information content (AvgIpc) is 2.69. The number of hydrogen-bond acceptors (Lipinski definition) is 4. The van der Waals surface area contributed by atoms with Gasteiger partial charge in [0.05, 0.1) is 12.2 Å². The Morgan fingerprint density at radius 3 is 2.41 bits per heavy atom. The molecule has 29 heavy (non-hydrogen) atoms. The Morgan fingerprint density at radius 1 is 0.966 bits per heavy atom. The number of unbranched alkanes of at least 4 members (excludes halogenated alkanes) is 1. The molecule has 0 aliphatic rings. The molecule has 0 aliphatic carbocycles. The first-order valence-electron chi connectivity index (χ1n) is 9.77. The second-order valence-electron chi connectivity index (χ2n) is 6.49. The van der Waals surface area contributed by atoms with Gasteiger partial charge in [0.25, 0.3) is 5.91 Å². The molecule has 0 unspecified atom stereocenters. The van der Waals surface area contributed by atoms with Crippen molar-refractivity contribution in [1.82, 2.24) is 5.32 Å². The van der Waals surface area contributed by atoms with Crippen molar-refractivity contribution in [3.8, 4) is 5.75 Å². The van der Waals surface area contributed by atoms with Crippen LogP contribution >= 0.6 is 12.2 Å². The molecule has 0 heterocycles. The second kappa shape index (κ2) is 11.8. The van der Waals surface area contributed by atoms with Gasteiger partial charge in [0.2, 0.25) is 5.91 Å². The molecule has 0 atom stereocenters. The third kappa shape index (κ3) is 7.54. The van der Waals surface area contributed by atoms with E-state index >= 15 is 0 Å². The maximum Gasteiger partial charge on any atom is 0.261 e. The number of hydrogen-bond donors (Lipinski definition) is 3. The Labute approximate surface area is 177 Å². The van der Waals surface area contributed by atoms with Crippen molar-refractivity contribution in [2.75, 3.05) is 17.2 Å². The molecule has 0 saturated carbocycles. The molecule has 2 aromatic carbocycles. The van der Waals surface area contributed by atoms with E-state index in [0.717, 1.165) is 19.3 Å². The van der Waals surface area contributed by atoms with E-state index in [2.05, 4.69) is 22.9 Å². The molecule has 0 aliphatic heterocycles. The molecule has 2 rings (SSSR count). The van der Waals surface area contributed by atoms with Crippen molar-refractivity contribution in [3.05, 3.63) is 54.1 Å². The highest BCUT2D eigenvalue weighted by atomic mass is 32.1. The van der Waals surface area contributed by atoms with Crippen molar-refractivity contribution in [1.29, 1.82) is 0 Å². The normalized spacial score (nSPS) is 10.1. The van der Waals surface area contributed by atoms with Crippen LogP contribution in [0, 0.1) is 0 Å². The van der Waals surface area contributed by atoms with Crippen LogP contribution in [0.3, 0.4) is 0 Å². The van der Waals surface area contributed by atoms with Gasteiger partial charge in [-0.2, -0.15) is 0 Å². The predicted octanol–water partition coefficient (Wildman–Crippen LogP) is 4.73. The van der Waals surface area contributed by atoms with Crippen molar-refractivity contribution in [2.45, 2.75) is 39.5 Å². The molecule has 2 aromatic rings. The van der Waals surface area contributed by atoms with E-state index in [0.29, 0.717) is 35.7 Å². The molecule has 0 fully saturated rings. The summed E-state index contributed by atoms with van der Waals surface area (Å²) in [5, 5.41) is 8.63. The molecular weight excluding hydrogens is 386 g/mol. The Bertz CT molecular complexity index is 855. The van der Waals surface area contributed by atoms with Gasteiger partial charge >= 0.3 is 0 Å². The summed E-state index contributed by atoms with van der Waals surface area (Å²) in [4.78, 5) is 24.4. The van der Waals surface area contributed by atoms with Crippen LogP contribution in [0.15, 0.2) is 48.5 Å². The molecule has 6 nitrogen and oxygen atoms in total. The number of para-hydroxylation sites is 1. The van der Waals surface area contributed by atoms with Gasteiger partial charge < -0.3 is 15.4 Å². The minimum atomic E-state index is -0.345. The largest absolute Gasteiger partial charge is 0.493 e. The van der Waals surface area contributed by atoms with Crippen molar-refractivity contribution < 1.29 is 14.3 Å². The summed E-state index contributed by atoms with van der Waals surface area (Å²) in [6.07, 6.45) is 3.18. The zero-order valence-corrected chi connectivity index (χ0v) is 17.6. The topological polar surface area (TPSA) is 79.5 Å². The van der Waals surface area contributed by atoms with Gasteiger partial charge in [-0.3, -0.25) is 14.9 Å². The maximum absolute atomic E-state index is 12.6. The summed E-state index contributed by atoms with van der Waals surface area (Å²) in [6.45, 7) is 4.59. The third-order valence-corrected chi connectivity index (χ3v) is 4.20. The lowest BCUT2D eigenvalue weighted by Gasteiger charge is -2.13. The molecular formula is C22H27N3O3S. The van der Waals surface area contributed by atoms with E-state index in [-0.39, 0.29) is 16.9 Å². The minimum Gasteiger partial charge on any atom is -0.493 e. The fourth-order valence-corrected chi connectivity index (χ4v) is 2.78. The van der Waals surface area contributed by atoms with Crippen LogP contribution in [-0.2, 0) is 4.79 Å². The van der Waals surface area contributed by atoms with Gasteiger partial charge in [-0.15, -0.1) is 0 Å². The van der Waals surface area contributed by atoms with Gasteiger partial charge in [0, 0.05) is 17.8 Å². The highest BCUT2D eigenvalue weighted by Gasteiger charge is 2.13. The molecule has 7 heteroatoms. The standard InChI is InChI=1S/C22H27N3O3S/c1-3-5-14-28-19-13-7-6-12-18(19)21(27)25-22(29)24-17-11-8-10-16(15-17)23-20(26)9-4-2/h6-8,10-13,15H,3-5,9,14H2,1-2H3,(H,23,26)(H2,24,25,27,29). The maximum atomic E-state index is 12.6. The molecule has 0 spiro atoms. The van der Waals surface area contributed by atoms with Crippen LogP contribution in [-0.4, -0.2) is 23.5 Å². The fraction of sp³-hybridized carbons (Fsp3) is 0.318. The summed E-state index contributed by atoms with van der Waals surface area (Å²) in [6, 6.07) is 14.2. The number of thiocarbonyl (C=S) groups is 1. The third-order valence-electron chi connectivity index (χ3n) is 4.00. The van der Waals surface area contributed by atoms with Crippen LogP contribution in [0.5, 0.6) is 5.75 Å². The highest BCUT2D eigenvalue weighted by molar-refractivity contribution is 7.80. The number of amides is 2. The number of carbonyl (C=O) groups is 2. The summed E-state index contributed by atoms with van der Waals surface area (Å²) < 4.78 is 5.71. The Morgan fingerprint density at radius 2 is 1.69 bits per heavy atom. The van der Waals surface area contributed by atoms with Gasteiger partial charge in [-0.25, -0.2) is 0 Å². The van der Waals surface area contributed by atoms with Crippen LogP contribution in [0.2, 0.25) is 0 Å². The molecule has 2 amide bonds. The molecule has 0 bridgehead atoms.